The quantitative estimate of drug-likeness (QED) is 0.379. The van der Waals surface area contributed by atoms with E-state index in [4.69, 9.17) is 9.52 Å². The Hall–Kier alpha value is -3.42. The van der Waals surface area contributed by atoms with Crippen molar-refractivity contribution in [1.82, 2.24) is 20.0 Å². The Morgan fingerprint density at radius 3 is 2.72 bits per heavy atom. The fourth-order valence-electron chi connectivity index (χ4n) is 3.46. The van der Waals surface area contributed by atoms with Gasteiger partial charge in [-0.2, -0.15) is 5.10 Å². The molecule has 3 aromatic heterocycles. The Morgan fingerprint density at radius 1 is 1.19 bits per heavy atom. The number of nitrogens with one attached hydrogen (secondary N) is 1. The van der Waals surface area contributed by atoms with Gasteiger partial charge in [0.05, 0.1) is 23.7 Å². The second-order valence-electron chi connectivity index (χ2n) is 7.67. The molecular formula is C25H26N4O2S. The van der Waals surface area contributed by atoms with Crippen LogP contribution in [0.15, 0.2) is 82.9 Å². The molecule has 0 saturated carbocycles. The number of likely N-dealkylation sites (N-methyl/N-ethyl adjacent to an activating group) is 1. The van der Waals surface area contributed by atoms with Gasteiger partial charge in [-0.1, -0.05) is 36.4 Å². The molecule has 0 radical (unpaired) electrons. The fourth-order valence-corrected chi connectivity index (χ4v) is 4.19. The summed E-state index contributed by atoms with van der Waals surface area (Å²) in [5.74, 6) is 0.665. The highest BCUT2D eigenvalue weighted by Crippen LogP contribution is 2.28. The van der Waals surface area contributed by atoms with Crippen molar-refractivity contribution in [2.24, 2.45) is 0 Å². The molecule has 1 amide bonds. The van der Waals surface area contributed by atoms with Crippen LogP contribution >= 0.6 is 11.3 Å². The van der Waals surface area contributed by atoms with Crippen LogP contribution in [0.1, 0.15) is 22.9 Å². The molecule has 0 aliphatic carbocycles. The number of benzene rings is 1. The maximum absolute atomic E-state index is 12.5. The van der Waals surface area contributed by atoms with Gasteiger partial charge in [0.15, 0.2) is 0 Å². The average Bonchev–Trinajstić information content (AvgIpc) is 3.55. The van der Waals surface area contributed by atoms with Crippen molar-refractivity contribution in [2.75, 3.05) is 20.6 Å². The predicted octanol–water partition coefficient (Wildman–Crippen LogP) is 4.69. The third-order valence-corrected chi connectivity index (χ3v) is 5.99. The van der Waals surface area contributed by atoms with E-state index in [1.807, 2.05) is 83.8 Å². The molecule has 0 aliphatic rings. The second kappa shape index (κ2) is 10.3. The van der Waals surface area contributed by atoms with Gasteiger partial charge in [-0.3, -0.25) is 14.4 Å². The number of thiophene rings is 1. The monoisotopic (exact) mass is 446 g/mol. The summed E-state index contributed by atoms with van der Waals surface area (Å²) in [6, 6.07) is 18.0. The maximum atomic E-state index is 12.5. The van der Waals surface area contributed by atoms with Gasteiger partial charge >= 0.3 is 0 Å². The van der Waals surface area contributed by atoms with Crippen LogP contribution in [0.5, 0.6) is 0 Å². The van der Waals surface area contributed by atoms with Crippen LogP contribution in [0.4, 0.5) is 0 Å². The number of hydrogen-bond acceptors (Lipinski definition) is 5. The number of carbonyl (C=O) groups is 1. The largest absolute Gasteiger partial charge is 0.468 e. The molecule has 0 fully saturated rings. The molecule has 4 rings (SSSR count). The van der Waals surface area contributed by atoms with E-state index in [0.29, 0.717) is 13.1 Å². The SMILES string of the molecule is CN(C)C(CNC(=O)C=Cc1cn(Cc2ccccc2)nc1-c1cccs1)c1ccco1. The number of furan rings is 1. The molecular weight excluding hydrogens is 420 g/mol. The van der Waals surface area contributed by atoms with Gasteiger partial charge in [-0.05, 0) is 49.3 Å². The smallest absolute Gasteiger partial charge is 0.244 e. The van der Waals surface area contributed by atoms with Gasteiger partial charge in [-0.25, -0.2) is 0 Å². The third-order valence-electron chi connectivity index (χ3n) is 5.11. The van der Waals surface area contributed by atoms with E-state index in [9.17, 15) is 4.79 Å². The van der Waals surface area contributed by atoms with Crippen molar-refractivity contribution in [1.29, 1.82) is 0 Å². The summed E-state index contributed by atoms with van der Waals surface area (Å²) in [6.45, 7) is 1.13. The Labute approximate surface area is 191 Å². The molecule has 32 heavy (non-hydrogen) atoms. The lowest BCUT2D eigenvalue weighted by Gasteiger charge is -2.22. The van der Waals surface area contributed by atoms with Crippen LogP contribution in [0.25, 0.3) is 16.6 Å². The highest BCUT2D eigenvalue weighted by molar-refractivity contribution is 7.13. The first-order valence-corrected chi connectivity index (χ1v) is 11.3. The predicted molar refractivity (Wildman–Crippen MR) is 128 cm³/mol. The van der Waals surface area contributed by atoms with E-state index in [2.05, 4.69) is 17.4 Å². The fraction of sp³-hybridized carbons (Fsp3) is 0.200. The molecule has 1 aromatic carbocycles. The van der Waals surface area contributed by atoms with Gasteiger partial charge in [0.25, 0.3) is 0 Å². The van der Waals surface area contributed by atoms with Crippen molar-refractivity contribution in [3.8, 4) is 10.6 Å². The molecule has 4 aromatic rings. The zero-order valence-corrected chi connectivity index (χ0v) is 19.0. The second-order valence-corrected chi connectivity index (χ2v) is 8.61. The first-order chi connectivity index (χ1) is 15.6. The molecule has 0 aliphatic heterocycles. The molecule has 1 N–H and O–H groups in total. The van der Waals surface area contributed by atoms with Crippen molar-refractivity contribution in [3.05, 3.63) is 95.4 Å². The Balaban J connectivity index is 1.47. The Bertz CT molecular complexity index is 1150. The van der Waals surface area contributed by atoms with Crippen LogP contribution in [0.3, 0.4) is 0 Å². The highest BCUT2D eigenvalue weighted by atomic mass is 32.1. The molecule has 0 spiro atoms. The minimum Gasteiger partial charge on any atom is -0.468 e. The van der Waals surface area contributed by atoms with Gasteiger partial charge in [-0.15, -0.1) is 11.3 Å². The summed E-state index contributed by atoms with van der Waals surface area (Å²) in [5.41, 5.74) is 2.96. The van der Waals surface area contributed by atoms with E-state index in [1.54, 1.807) is 23.7 Å². The van der Waals surface area contributed by atoms with E-state index in [1.165, 1.54) is 5.56 Å². The zero-order chi connectivity index (χ0) is 22.3. The lowest BCUT2D eigenvalue weighted by atomic mass is 10.2. The van der Waals surface area contributed by atoms with Crippen molar-refractivity contribution in [3.63, 3.8) is 0 Å². The molecule has 1 atom stereocenters. The van der Waals surface area contributed by atoms with Crippen LogP contribution < -0.4 is 5.32 Å². The number of aromatic nitrogens is 2. The molecule has 1 unspecified atom stereocenters. The van der Waals surface area contributed by atoms with Crippen LogP contribution in [-0.2, 0) is 11.3 Å². The number of amides is 1. The lowest BCUT2D eigenvalue weighted by Crippen LogP contribution is -2.33. The highest BCUT2D eigenvalue weighted by Gasteiger charge is 2.17. The number of hydrogen-bond donors (Lipinski definition) is 1. The summed E-state index contributed by atoms with van der Waals surface area (Å²) in [7, 11) is 3.92. The van der Waals surface area contributed by atoms with Crippen molar-refractivity contribution in [2.45, 2.75) is 12.6 Å². The first-order valence-electron chi connectivity index (χ1n) is 10.4. The summed E-state index contributed by atoms with van der Waals surface area (Å²) in [4.78, 5) is 15.6. The van der Waals surface area contributed by atoms with Gasteiger partial charge < -0.3 is 9.73 Å². The van der Waals surface area contributed by atoms with Crippen LogP contribution in [-0.4, -0.2) is 41.2 Å². The molecule has 164 valence electrons. The van der Waals surface area contributed by atoms with Crippen molar-refractivity contribution < 1.29 is 9.21 Å². The maximum Gasteiger partial charge on any atom is 0.244 e. The van der Waals surface area contributed by atoms with Gasteiger partial charge in [0.1, 0.15) is 11.5 Å². The number of nitrogens with zero attached hydrogens (tertiary/aromatic N) is 3. The van der Waals surface area contributed by atoms with E-state index in [-0.39, 0.29) is 11.9 Å². The topological polar surface area (TPSA) is 63.3 Å². The molecule has 0 saturated heterocycles. The number of rotatable bonds is 9. The number of carbonyl (C=O) groups excluding carboxylic acids is 1. The summed E-state index contributed by atoms with van der Waals surface area (Å²) >= 11 is 1.63. The summed E-state index contributed by atoms with van der Waals surface area (Å²) in [5, 5.41) is 9.78. The lowest BCUT2D eigenvalue weighted by molar-refractivity contribution is -0.116. The minimum absolute atomic E-state index is 0.0300. The zero-order valence-electron chi connectivity index (χ0n) is 18.1. The Kier molecular flexibility index (Phi) is 6.99. The molecule has 6 nitrogen and oxygen atoms in total. The average molecular weight is 447 g/mol. The summed E-state index contributed by atoms with van der Waals surface area (Å²) < 4.78 is 7.42. The third kappa shape index (κ3) is 5.43. The van der Waals surface area contributed by atoms with Gasteiger partial charge in [0.2, 0.25) is 5.91 Å². The standard InChI is InChI=1S/C25H26N4O2S/c1-28(2)21(22-10-6-14-31-22)16-26-24(30)13-12-20-18-29(17-19-8-4-3-5-9-19)27-25(20)23-11-7-15-32-23/h3-15,18,21H,16-17H2,1-2H3,(H,26,30). The van der Waals surface area contributed by atoms with Crippen LogP contribution in [0, 0.1) is 0 Å². The Morgan fingerprint density at radius 2 is 2.03 bits per heavy atom. The van der Waals surface area contributed by atoms with Crippen molar-refractivity contribution >= 4 is 23.3 Å². The van der Waals surface area contributed by atoms with E-state index >= 15 is 0 Å². The first kappa shape index (κ1) is 21.8. The molecule has 3 heterocycles. The minimum atomic E-state index is -0.156. The summed E-state index contributed by atoms with van der Waals surface area (Å²) in [6.07, 6.45) is 7.02. The van der Waals surface area contributed by atoms with Gasteiger partial charge in [0, 0.05) is 24.4 Å². The molecule has 0 bridgehead atoms. The van der Waals surface area contributed by atoms with E-state index < -0.39 is 0 Å². The van der Waals surface area contributed by atoms with E-state index in [0.717, 1.165) is 21.9 Å². The van der Waals surface area contributed by atoms with Crippen LogP contribution in [0.2, 0.25) is 0 Å². The normalized spacial score (nSPS) is 12.5. The molecule has 7 heteroatoms.